The summed E-state index contributed by atoms with van der Waals surface area (Å²) in [7, 11) is 0. The molecule has 1 heterocycles. The lowest BCUT2D eigenvalue weighted by Gasteiger charge is -2.16. The number of rotatable bonds is 3. The first-order valence-electron chi connectivity index (χ1n) is 7.72. The molecule has 0 aliphatic carbocycles. The van der Waals surface area contributed by atoms with Crippen LogP contribution in [0.15, 0.2) is 36.4 Å². The maximum atomic E-state index is 12.9. The van der Waals surface area contributed by atoms with Crippen molar-refractivity contribution in [3.8, 4) is 0 Å². The normalized spacial score (nSPS) is 13.7. The number of hydrogen-bond acceptors (Lipinski definition) is 3. The molecule has 2 aromatic carbocycles. The van der Waals surface area contributed by atoms with Crippen molar-refractivity contribution in [1.82, 2.24) is 4.90 Å². The summed E-state index contributed by atoms with van der Waals surface area (Å²) in [6, 6.07) is 7.07. The summed E-state index contributed by atoms with van der Waals surface area (Å²) in [5.41, 5.74) is -0.717. The van der Waals surface area contributed by atoms with Gasteiger partial charge in [0.25, 0.3) is 11.8 Å². The molecule has 0 saturated heterocycles. The lowest BCUT2D eigenvalue weighted by molar-refractivity contribution is -0.137. The molecule has 0 fully saturated rings. The molecule has 3 amide bonds. The van der Waals surface area contributed by atoms with Crippen LogP contribution in [0.25, 0.3) is 0 Å². The van der Waals surface area contributed by atoms with Gasteiger partial charge in [0.15, 0.2) is 0 Å². The van der Waals surface area contributed by atoms with E-state index in [1.165, 1.54) is 25.1 Å². The van der Waals surface area contributed by atoms with Crippen LogP contribution in [0, 0.1) is 0 Å². The maximum absolute atomic E-state index is 12.9. The molecule has 9 heteroatoms. The summed E-state index contributed by atoms with van der Waals surface area (Å²) in [5.74, 6) is -1.81. The number of anilines is 1. The van der Waals surface area contributed by atoms with Gasteiger partial charge in [-0.3, -0.25) is 19.3 Å². The van der Waals surface area contributed by atoms with E-state index in [2.05, 4.69) is 5.32 Å². The van der Waals surface area contributed by atoms with Crippen molar-refractivity contribution in [2.24, 2.45) is 0 Å². The fourth-order valence-electron chi connectivity index (χ4n) is 2.81. The second-order valence-corrected chi connectivity index (χ2v) is 6.32. The number of benzene rings is 2. The van der Waals surface area contributed by atoms with E-state index in [0.29, 0.717) is 0 Å². The van der Waals surface area contributed by atoms with Gasteiger partial charge in [0.1, 0.15) is 0 Å². The summed E-state index contributed by atoms with van der Waals surface area (Å²) in [4.78, 5) is 37.4. The third kappa shape index (κ3) is 3.52. The number of nitrogens with zero attached hydrogens (tertiary/aromatic N) is 1. The van der Waals surface area contributed by atoms with E-state index >= 15 is 0 Å². The predicted octanol–water partition coefficient (Wildman–Crippen LogP) is 4.11. The molecule has 1 aliphatic rings. The molecule has 0 spiro atoms. The molecule has 140 valence electrons. The molecule has 3 rings (SSSR count). The molecule has 0 atom stereocenters. The topological polar surface area (TPSA) is 66.5 Å². The number of alkyl halides is 3. The van der Waals surface area contributed by atoms with Crippen LogP contribution in [-0.4, -0.2) is 22.6 Å². The number of nitrogens with one attached hydrogen (secondary N) is 1. The highest BCUT2D eigenvalue weighted by Crippen LogP contribution is 2.34. The molecule has 0 unspecified atom stereocenters. The molecule has 27 heavy (non-hydrogen) atoms. The summed E-state index contributed by atoms with van der Waals surface area (Å²) in [6.07, 6.45) is -4.58. The van der Waals surface area contributed by atoms with Crippen LogP contribution >= 0.6 is 11.6 Å². The lowest BCUT2D eigenvalue weighted by atomic mass is 10.1. The van der Waals surface area contributed by atoms with Crippen LogP contribution in [-0.2, 0) is 17.5 Å². The third-order valence-electron chi connectivity index (χ3n) is 4.01. The van der Waals surface area contributed by atoms with Crippen LogP contribution in [0.3, 0.4) is 0 Å². The van der Waals surface area contributed by atoms with E-state index in [4.69, 9.17) is 11.6 Å². The standard InChI is InChI=1S/C18H12ClF3N2O3/c1-9(25)23-14-4-2-3-12-15(14)17(27)24(16(12)26)8-10-7-11(18(20,21)22)5-6-13(10)19/h2-7H,8H2,1H3,(H,23,25). The van der Waals surface area contributed by atoms with Gasteiger partial charge >= 0.3 is 6.18 Å². The minimum absolute atomic E-state index is 0.000739. The van der Waals surface area contributed by atoms with Crippen molar-refractivity contribution < 1.29 is 27.6 Å². The van der Waals surface area contributed by atoms with Gasteiger partial charge in [0.2, 0.25) is 5.91 Å². The molecule has 2 aromatic rings. The fraction of sp³-hybridized carbons (Fsp3) is 0.167. The highest BCUT2D eigenvalue weighted by molar-refractivity contribution is 6.31. The van der Waals surface area contributed by atoms with Gasteiger partial charge < -0.3 is 5.32 Å². The second-order valence-electron chi connectivity index (χ2n) is 5.91. The Bertz CT molecular complexity index is 973. The zero-order chi connectivity index (χ0) is 19.9. The first-order valence-corrected chi connectivity index (χ1v) is 8.10. The Morgan fingerprint density at radius 2 is 1.85 bits per heavy atom. The molecule has 1 aliphatic heterocycles. The molecular weight excluding hydrogens is 385 g/mol. The second kappa shape index (κ2) is 6.70. The minimum Gasteiger partial charge on any atom is -0.326 e. The number of carbonyl (C=O) groups is 3. The van der Waals surface area contributed by atoms with E-state index in [-0.39, 0.29) is 27.4 Å². The van der Waals surface area contributed by atoms with E-state index < -0.39 is 36.0 Å². The van der Waals surface area contributed by atoms with Gasteiger partial charge in [-0.05, 0) is 35.9 Å². The number of carbonyl (C=O) groups excluding carboxylic acids is 3. The fourth-order valence-corrected chi connectivity index (χ4v) is 2.99. The molecule has 0 aromatic heterocycles. The number of hydrogen-bond donors (Lipinski definition) is 1. The minimum atomic E-state index is -4.58. The third-order valence-corrected chi connectivity index (χ3v) is 4.38. The largest absolute Gasteiger partial charge is 0.416 e. The Morgan fingerprint density at radius 1 is 1.15 bits per heavy atom. The number of halogens is 4. The van der Waals surface area contributed by atoms with Crippen molar-refractivity contribution in [2.75, 3.05) is 5.32 Å². The first kappa shape index (κ1) is 18.9. The quantitative estimate of drug-likeness (QED) is 0.794. The number of amides is 3. The highest BCUT2D eigenvalue weighted by Gasteiger charge is 2.38. The van der Waals surface area contributed by atoms with Crippen molar-refractivity contribution in [3.63, 3.8) is 0 Å². The van der Waals surface area contributed by atoms with Crippen LogP contribution < -0.4 is 5.32 Å². The molecular formula is C18H12ClF3N2O3. The average Bonchev–Trinajstić information content (AvgIpc) is 2.81. The van der Waals surface area contributed by atoms with Gasteiger partial charge in [-0.2, -0.15) is 13.2 Å². The Morgan fingerprint density at radius 3 is 2.48 bits per heavy atom. The van der Waals surface area contributed by atoms with Gasteiger partial charge in [0, 0.05) is 11.9 Å². The lowest BCUT2D eigenvalue weighted by Crippen LogP contribution is -2.29. The number of fused-ring (bicyclic) bond motifs is 1. The zero-order valence-corrected chi connectivity index (χ0v) is 14.6. The summed E-state index contributed by atoms with van der Waals surface area (Å²) < 4.78 is 38.8. The Kier molecular flexibility index (Phi) is 4.69. The first-order chi connectivity index (χ1) is 12.6. The van der Waals surface area contributed by atoms with E-state index in [1.807, 2.05) is 0 Å². The predicted molar refractivity (Wildman–Crippen MR) is 91.4 cm³/mol. The van der Waals surface area contributed by atoms with Crippen molar-refractivity contribution in [2.45, 2.75) is 19.6 Å². The monoisotopic (exact) mass is 396 g/mol. The Hall–Kier alpha value is -2.87. The van der Waals surface area contributed by atoms with Crippen LogP contribution in [0.1, 0.15) is 38.8 Å². The van der Waals surface area contributed by atoms with Crippen molar-refractivity contribution in [3.05, 3.63) is 63.7 Å². The van der Waals surface area contributed by atoms with Crippen molar-refractivity contribution in [1.29, 1.82) is 0 Å². The van der Waals surface area contributed by atoms with Gasteiger partial charge in [0.05, 0.1) is 28.9 Å². The SMILES string of the molecule is CC(=O)Nc1cccc2c1C(=O)N(Cc1cc(C(F)(F)F)ccc1Cl)C2=O. The maximum Gasteiger partial charge on any atom is 0.416 e. The Balaban J connectivity index is 1.97. The molecule has 0 bridgehead atoms. The smallest absolute Gasteiger partial charge is 0.326 e. The van der Waals surface area contributed by atoms with Crippen LogP contribution in [0.2, 0.25) is 5.02 Å². The molecule has 5 nitrogen and oxygen atoms in total. The summed E-state index contributed by atoms with van der Waals surface area (Å²) in [5, 5.41) is 2.47. The zero-order valence-electron chi connectivity index (χ0n) is 13.9. The van der Waals surface area contributed by atoms with Crippen LogP contribution in [0.4, 0.5) is 18.9 Å². The molecule has 1 N–H and O–H groups in total. The van der Waals surface area contributed by atoms with E-state index in [0.717, 1.165) is 23.1 Å². The van der Waals surface area contributed by atoms with Gasteiger partial charge in [-0.25, -0.2) is 0 Å². The van der Waals surface area contributed by atoms with E-state index in [9.17, 15) is 27.6 Å². The van der Waals surface area contributed by atoms with Crippen LogP contribution in [0.5, 0.6) is 0 Å². The molecule has 0 radical (unpaired) electrons. The Labute approximate surface area is 156 Å². The van der Waals surface area contributed by atoms with Gasteiger partial charge in [-0.15, -0.1) is 0 Å². The van der Waals surface area contributed by atoms with Crippen molar-refractivity contribution >= 4 is 35.0 Å². The molecule has 0 saturated carbocycles. The average molecular weight is 397 g/mol. The number of imide groups is 1. The highest BCUT2D eigenvalue weighted by atomic mass is 35.5. The summed E-state index contributed by atoms with van der Waals surface area (Å²) >= 11 is 5.96. The summed E-state index contributed by atoms with van der Waals surface area (Å²) in [6.45, 7) is 0.829. The van der Waals surface area contributed by atoms with E-state index in [1.54, 1.807) is 0 Å². The van der Waals surface area contributed by atoms with Gasteiger partial charge in [-0.1, -0.05) is 17.7 Å².